The summed E-state index contributed by atoms with van der Waals surface area (Å²) >= 11 is 0. The van der Waals surface area contributed by atoms with Crippen LogP contribution in [0.25, 0.3) is 0 Å². The van der Waals surface area contributed by atoms with E-state index in [1.807, 2.05) is 69.3 Å². The maximum Gasteiger partial charge on any atom is 0.408 e. The molecule has 2 rings (SSSR count). The third kappa shape index (κ3) is 14.2. The number of carbonyl (C=O) groups excluding carboxylic acids is 2. The lowest BCUT2D eigenvalue weighted by atomic mass is 9.88. The molecule has 0 saturated carbocycles. The van der Waals surface area contributed by atoms with Crippen LogP contribution >= 0.6 is 0 Å². The van der Waals surface area contributed by atoms with Gasteiger partial charge in [-0.2, -0.15) is 0 Å². The second-order valence-electron chi connectivity index (χ2n) is 15.5. The molecule has 4 atom stereocenters. The molecule has 0 aliphatic rings. The van der Waals surface area contributed by atoms with Crippen molar-refractivity contribution in [3.63, 3.8) is 0 Å². The number of unbranched alkanes of at least 4 members (excludes halogenated alkanes) is 1. The molecule has 0 fully saturated rings. The van der Waals surface area contributed by atoms with Crippen molar-refractivity contribution >= 4 is 20.4 Å². The van der Waals surface area contributed by atoms with E-state index in [0.717, 1.165) is 43.2 Å². The van der Waals surface area contributed by atoms with Crippen molar-refractivity contribution in [2.24, 2.45) is 5.92 Å². The van der Waals surface area contributed by atoms with Gasteiger partial charge in [0.1, 0.15) is 18.2 Å². The minimum atomic E-state index is -2.21. The first-order chi connectivity index (χ1) is 23.1. The molecular formula is C41H67NO6Si. The predicted octanol–water partition coefficient (Wildman–Crippen LogP) is 10.8. The smallest absolute Gasteiger partial charge is 0.408 e. The topological polar surface area (TPSA) is 83.1 Å². The van der Waals surface area contributed by atoms with Gasteiger partial charge in [0.2, 0.25) is 8.32 Å². The SMILES string of the molecule is CCC[C@@H](CCCCC(NC(=O)OC(C)(C)C)C(=O)OCc1ccccc1)[C@@H](O[Si](C(C)C)(C(C)C)C(C)C)[C@H](C)OCc1ccccc1. The van der Waals surface area contributed by atoms with Gasteiger partial charge in [0.15, 0.2) is 0 Å². The zero-order valence-electron chi connectivity index (χ0n) is 32.4. The molecule has 0 aliphatic heterocycles. The van der Waals surface area contributed by atoms with Crippen LogP contribution in [-0.4, -0.2) is 44.2 Å². The van der Waals surface area contributed by atoms with Crippen molar-refractivity contribution in [2.75, 3.05) is 0 Å². The van der Waals surface area contributed by atoms with Crippen LogP contribution in [0, 0.1) is 5.92 Å². The Morgan fingerprint density at radius 3 is 1.73 bits per heavy atom. The maximum atomic E-state index is 13.3. The average molecular weight is 698 g/mol. The molecular weight excluding hydrogens is 631 g/mol. The third-order valence-corrected chi connectivity index (χ3v) is 15.6. The molecule has 0 saturated heterocycles. The van der Waals surface area contributed by atoms with E-state index in [9.17, 15) is 9.59 Å². The molecule has 1 unspecified atom stereocenters. The summed E-state index contributed by atoms with van der Waals surface area (Å²) in [7, 11) is -2.21. The molecule has 0 bridgehead atoms. The maximum absolute atomic E-state index is 13.3. The Kier molecular flexibility index (Phi) is 18.1. The molecule has 1 N–H and O–H groups in total. The Bertz CT molecular complexity index is 1190. The highest BCUT2D eigenvalue weighted by molar-refractivity contribution is 6.77. The van der Waals surface area contributed by atoms with Gasteiger partial charge in [0.25, 0.3) is 0 Å². The summed E-state index contributed by atoms with van der Waals surface area (Å²) in [6, 6.07) is 19.1. The van der Waals surface area contributed by atoms with Crippen LogP contribution in [0.1, 0.15) is 126 Å². The summed E-state index contributed by atoms with van der Waals surface area (Å²) in [5.74, 6) is -0.160. The fourth-order valence-corrected chi connectivity index (χ4v) is 12.9. The van der Waals surface area contributed by atoms with Crippen LogP contribution in [0.15, 0.2) is 60.7 Å². The van der Waals surface area contributed by atoms with E-state index in [0.29, 0.717) is 35.6 Å². The number of hydrogen-bond acceptors (Lipinski definition) is 6. The summed E-state index contributed by atoms with van der Waals surface area (Å²) in [5, 5.41) is 2.79. The van der Waals surface area contributed by atoms with Crippen molar-refractivity contribution in [1.29, 1.82) is 0 Å². The highest BCUT2D eigenvalue weighted by atomic mass is 28.4. The average Bonchev–Trinajstić information content (AvgIpc) is 3.03. The number of carbonyl (C=O) groups is 2. The van der Waals surface area contributed by atoms with E-state index in [1.165, 1.54) is 0 Å². The molecule has 0 aromatic heterocycles. The van der Waals surface area contributed by atoms with E-state index < -0.39 is 32.0 Å². The number of benzene rings is 2. The first kappa shape index (κ1) is 42.5. The fourth-order valence-electron chi connectivity index (χ4n) is 7.24. The quantitative estimate of drug-likeness (QED) is 0.0794. The normalized spacial score (nSPS) is 14.8. The molecule has 2 aromatic carbocycles. The number of alkyl carbamates (subject to hydrolysis) is 1. The Morgan fingerprint density at radius 1 is 0.735 bits per heavy atom. The zero-order valence-corrected chi connectivity index (χ0v) is 33.4. The minimum Gasteiger partial charge on any atom is -0.459 e. The fraction of sp³-hybridized carbons (Fsp3) is 0.659. The molecule has 0 radical (unpaired) electrons. The summed E-state index contributed by atoms with van der Waals surface area (Å²) in [6.07, 6.45) is 4.35. The summed E-state index contributed by atoms with van der Waals surface area (Å²) in [6.45, 7) is 24.5. The molecule has 276 valence electrons. The van der Waals surface area contributed by atoms with E-state index in [1.54, 1.807) is 0 Å². The van der Waals surface area contributed by atoms with Crippen molar-refractivity contribution in [3.05, 3.63) is 71.8 Å². The lowest BCUT2D eigenvalue weighted by Gasteiger charge is -2.47. The van der Waals surface area contributed by atoms with Crippen LogP contribution in [0.4, 0.5) is 4.79 Å². The summed E-state index contributed by atoms with van der Waals surface area (Å²) in [5.41, 5.74) is 2.75. The minimum absolute atomic E-state index is 0.0472. The Hall–Kier alpha value is -2.68. The van der Waals surface area contributed by atoms with Crippen molar-refractivity contribution in [1.82, 2.24) is 5.32 Å². The molecule has 0 heterocycles. The van der Waals surface area contributed by atoms with E-state index >= 15 is 0 Å². The van der Waals surface area contributed by atoms with Gasteiger partial charge in [-0.25, -0.2) is 9.59 Å². The zero-order chi connectivity index (χ0) is 36.6. The number of ether oxygens (including phenoxy) is 3. The molecule has 0 spiro atoms. The molecule has 0 aliphatic carbocycles. The van der Waals surface area contributed by atoms with Crippen molar-refractivity contribution in [3.8, 4) is 0 Å². The van der Waals surface area contributed by atoms with Gasteiger partial charge in [-0.3, -0.25) is 0 Å². The Labute approximate surface area is 299 Å². The van der Waals surface area contributed by atoms with Gasteiger partial charge in [0, 0.05) is 0 Å². The van der Waals surface area contributed by atoms with Crippen LogP contribution in [-0.2, 0) is 36.6 Å². The molecule has 7 nitrogen and oxygen atoms in total. The number of rotatable bonds is 21. The third-order valence-electron chi connectivity index (χ3n) is 9.51. The lowest BCUT2D eigenvalue weighted by molar-refractivity contribution is -0.147. The Morgan fingerprint density at radius 2 is 1.24 bits per heavy atom. The Balaban J connectivity index is 2.24. The molecule has 8 heteroatoms. The lowest BCUT2D eigenvalue weighted by Crippen LogP contribution is -2.54. The van der Waals surface area contributed by atoms with Gasteiger partial charge in [-0.05, 0) is 80.6 Å². The largest absolute Gasteiger partial charge is 0.459 e. The number of nitrogens with one attached hydrogen (secondary N) is 1. The summed E-state index contributed by atoms with van der Waals surface area (Å²) in [4.78, 5) is 26.0. The molecule has 2 aromatic rings. The van der Waals surface area contributed by atoms with E-state index in [-0.39, 0.29) is 18.8 Å². The number of hydrogen-bond donors (Lipinski definition) is 1. The highest BCUT2D eigenvalue weighted by Gasteiger charge is 2.48. The number of esters is 1. The number of amides is 1. The van der Waals surface area contributed by atoms with Crippen LogP contribution in [0.3, 0.4) is 0 Å². The van der Waals surface area contributed by atoms with Crippen molar-refractivity contribution < 1.29 is 28.2 Å². The predicted molar refractivity (Wildman–Crippen MR) is 203 cm³/mol. The van der Waals surface area contributed by atoms with Gasteiger partial charge in [0.05, 0.1) is 18.8 Å². The van der Waals surface area contributed by atoms with Crippen LogP contribution < -0.4 is 5.32 Å². The molecule has 49 heavy (non-hydrogen) atoms. The highest BCUT2D eigenvalue weighted by Crippen LogP contribution is 2.45. The van der Waals surface area contributed by atoms with E-state index in [2.05, 4.69) is 72.8 Å². The van der Waals surface area contributed by atoms with Gasteiger partial charge in [-0.15, -0.1) is 0 Å². The van der Waals surface area contributed by atoms with Crippen LogP contribution in [0.5, 0.6) is 0 Å². The first-order valence-corrected chi connectivity index (χ1v) is 20.8. The van der Waals surface area contributed by atoms with Gasteiger partial charge >= 0.3 is 12.1 Å². The second-order valence-corrected chi connectivity index (χ2v) is 20.9. The monoisotopic (exact) mass is 697 g/mol. The first-order valence-electron chi connectivity index (χ1n) is 18.6. The van der Waals surface area contributed by atoms with E-state index in [4.69, 9.17) is 18.6 Å². The van der Waals surface area contributed by atoms with Crippen LogP contribution in [0.2, 0.25) is 16.6 Å². The van der Waals surface area contributed by atoms with Crippen molar-refractivity contribution in [2.45, 2.75) is 168 Å². The summed E-state index contributed by atoms with van der Waals surface area (Å²) < 4.78 is 25.3. The standard InChI is InChI=1S/C41H67NO6Si/c1-12-21-36(38(33(8)45-28-34-22-15-13-16-23-34)48-49(30(2)3,31(4)5)32(6)7)26-19-20-27-37(42-40(44)47-41(9,10)11)39(43)46-29-35-24-17-14-18-25-35/h13-18,22-25,30-33,36-38H,12,19-21,26-29H2,1-11H3,(H,42,44)/t33-,36-,37?,38-/m0/s1. The van der Waals surface area contributed by atoms with Gasteiger partial charge in [-0.1, -0.05) is 128 Å². The van der Waals surface area contributed by atoms with Gasteiger partial charge < -0.3 is 24.0 Å². The second kappa shape index (κ2) is 20.9. The molecule has 1 amide bonds.